The number of carbonyl (C=O) groups excluding carboxylic acids is 3. The van der Waals surface area contributed by atoms with E-state index in [1.165, 1.54) is 43.0 Å². The van der Waals surface area contributed by atoms with Crippen LogP contribution in [0, 0.1) is 0 Å². The minimum absolute atomic E-state index is 0.222. The quantitative estimate of drug-likeness (QED) is 0.131. The molecule has 0 aliphatic rings. The number of carboxylic acid groups (broad SMARTS) is 3. The van der Waals surface area contributed by atoms with E-state index in [2.05, 4.69) is 27.7 Å². The van der Waals surface area contributed by atoms with Crippen molar-refractivity contribution in [3.8, 4) is 0 Å². The molecule has 212 valence electrons. The molecule has 0 N–H and O–H groups in total. The van der Waals surface area contributed by atoms with Crippen molar-refractivity contribution in [3.05, 3.63) is 0 Å². The zero-order chi connectivity index (χ0) is 28.3. The third-order valence-electron chi connectivity index (χ3n) is 5.23. The van der Waals surface area contributed by atoms with Gasteiger partial charge >= 0.3 is 72.4 Å². The van der Waals surface area contributed by atoms with Crippen LogP contribution in [0.25, 0.3) is 0 Å². The zero-order valence-corrected chi connectivity index (χ0v) is 26.9. The second-order valence-electron chi connectivity index (χ2n) is 9.07. The van der Waals surface area contributed by atoms with Gasteiger partial charge in [-0.1, -0.05) is 78.6 Å². The van der Waals surface area contributed by atoms with Gasteiger partial charge in [0, 0.05) is 17.9 Å². The number of rotatable bonds is 21. The average Bonchev–Trinajstić information content (AvgIpc) is 2.83. The van der Waals surface area contributed by atoms with Crippen LogP contribution in [0.2, 0.25) is 4.44 Å². The topological polar surface area (TPSA) is 120 Å². The molecule has 0 radical (unpaired) electrons. The summed E-state index contributed by atoms with van der Waals surface area (Å²) in [5, 5.41) is 29.6. The molecule has 0 aliphatic carbocycles. The second-order valence-corrected chi connectivity index (χ2v) is 10.5. The first-order chi connectivity index (χ1) is 17.2. The summed E-state index contributed by atoms with van der Waals surface area (Å²) in [6.07, 6.45) is 21.6. The minimum atomic E-state index is -0.925. The molecule has 0 saturated heterocycles. The first-order valence-electron chi connectivity index (χ1n) is 14.5. The van der Waals surface area contributed by atoms with Crippen LogP contribution in [0.15, 0.2) is 0 Å². The molecule has 0 aromatic carbocycles. The van der Waals surface area contributed by atoms with Gasteiger partial charge in [0.2, 0.25) is 0 Å². The van der Waals surface area contributed by atoms with Crippen molar-refractivity contribution in [1.82, 2.24) is 0 Å². The molecule has 0 atom stereocenters. The molecule has 0 aromatic heterocycles. The van der Waals surface area contributed by atoms with Crippen molar-refractivity contribution in [2.24, 2.45) is 0 Å². The van der Waals surface area contributed by atoms with E-state index in [9.17, 15) is 29.7 Å². The Morgan fingerprint density at radius 3 is 0.861 bits per heavy atom. The van der Waals surface area contributed by atoms with Crippen LogP contribution in [0.1, 0.15) is 163 Å². The first-order valence-corrected chi connectivity index (χ1v) is 16.5. The maximum absolute atomic E-state index is 9.85. The maximum atomic E-state index is 9.85. The summed E-state index contributed by atoms with van der Waals surface area (Å²) < 4.78 is 1.46. The van der Waals surface area contributed by atoms with Gasteiger partial charge < -0.3 is 29.7 Å². The Morgan fingerprint density at radius 2 is 0.639 bits per heavy atom. The van der Waals surface area contributed by atoms with Crippen molar-refractivity contribution < 1.29 is 29.7 Å². The summed E-state index contributed by atoms with van der Waals surface area (Å²) in [4.78, 5) is 29.6. The van der Waals surface area contributed by atoms with E-state index in [0.717, 1.165) is 77.0 Å². The van der Waals surface area contributed by atoms with Gasteiger partial charge in [0.1, 0.15) is 0 Å². The van der Waals surface area contributed by atoms with Crippen LogP contribution in [0.4, 0.5) is 0 Å². The Kier molecular flexibility index (Phi) is 48.6. The Hall–Kier alpha value is -0.791. The molecule has 0 aliphatic heterocycles. The summed E-state index contributed by atoms with van der Waals surface area (Å²) in [6.45, 7) is 8.56. The second kappa shape index (κ2) is 41.3. The average molecular weight is 619 g/mol. The molecular weight excluding hydrogens is 563 g/mol. The van der Waals surface area contributed by atoms with Gasteiger partial charge in [0.05, 0.1) is 0 Å². The van der Waals surface area contributed by atoms with Crippen LogP contribution in [0.3, 0.4) is 0 Å². The van der Waals surface area contributed by atoms with E-state index in [4.69, 9.17) is 0 Å². The van der Waals surface area contributed by atoms with Gasteiger partial charge in [-0.2, -0.15) is 0 Å². The Labute approximate surface area is 236 Å². The molecule has 0 bridgehead atoms. The van der Waals surface area contributed by atoms with Crippen LogP contribution in [-0.4, -0.2) is 40.4 Å². The molecule has 0 saturated carbocycles. The summed E-state index contributed by atoms with van der Waals surface area (Å²) in [5.41, 5.74) is 0. The van der Waals surface area contributed by atoms with Crippen molar-refractivity contribution in [2.75, 3.05) is 0 Å². The van der Waals surface area contributed by atoms with Gasteiger partial charge in [-0.3, -0.25) is 0 Å². The number of aliphatic carboxylic acids is 3. The van der Waals surface area contributed by atoms with Crippen LogP contribution in [-0.2, 0) is 14.4 Å². The Morgan fingerprint density at radius 1 is 0.417 bits per heavy atom. The van der Waals surface area contributed by atoms with E-state index < -0.39 is 17.9 Å². The van der Waals surface area contributed by atoms with Crippen LogP contribution in [0.5, 0.6) is 0 Å². The van der Waals surface area contributed by atoms with Crippen LogP contribution >= 0.6 is 0 Å². The van der Waals surface area contributed by atoms with E-state index in [0.29, 0.717) is 0 Å². The molecule has 36 heavy (non-hydrogen) atoms. The molecule has 0 heterocycles. The zero-order valence-electron chi connectivity index (χ0n) is 24.0. The number of unbranched alkanes of at least 4 members (excludes halogenated alkanes) is 14. The fourth-order valence-corrected chi connectivity index (χ4v) is 3.71. The monoisotopic (exact) mass is 620 g/mol. The molecular formula is C29H56O6Sn. The van der Waals surface area contributed by atoms with E-state index in [1.807, 2.05) is 0 Å². The van der Waals surface area contributed by atoms with Gasteiger partial charge in [-0.05, 0) is 38.5 Å². The molecule has 0 unspecified atom stereocenters. The first kappa shape index (κ1) is 42.3. The Bertz CT molecular complexity index is 385. The van der Waals surface area contributed by atoms with E-state index >= 15 is 0 Å². The SMILES string of the molecule is CCCCCCC(=O)[O-].CCCCCCC(=O)[O-].CCCCCCC(=O)[O-].CCCCCCC[CH2][Sn+3]. The summed E-state index contributed by atoms with van der Waals surface area (Å²) >= 11 is 1.71. The van der Waals surface area contributed by atoms with Crippen molar-refractivity contribution in [2.45, 2.75) is 167 Å². The molecule has 0 rings (SSSR count). The van der Waals surface area contributed by atoms with Crippen LogP contribution < -0.4 is 15.3 Å². The summed E-state index contributed by atoms with van der Waals surface area (Å²) in [5.74, 6) is -2.77. The van der Waals surface area contributed by atoms with Gasteiger partial charge in [0.25, 0.3) is 0 Å². The van der Waals surface area contributed by atoms with Gasteiger partial charge in [-0.25, -0.2) is 0 Å². The fourth-order valence-electron chi connectivity index (χ4n) is 2.99. The predicted molar refractivity (Wildman–Crippen MR) is 145 cm³/mol. The predicted octanol–water partition coefficient (Wildman–Crippen LogP) is 5.05. The number of hydrogen-bond acceptors (Lipinski definition) is 6. The van der Waals surface area contributed by atoms with Crippen molar-refractivity contribution in [3.63, 3.8) is 0 Å². The van der Waals surface area contributed by atoms with Gasteiger partial charge in [-0.15, -0.1) is 0 Å². The van der Waals surface area contributed by atoms with Gasteiger partial charge in [0.15, 0.2) is 0 Å². The molecule has 0 amide bonds. The summed E-state index contributed by atoms with van der Waals surface area (Å²) in [6, 6.07) is 0. The van der Waals surface area contributed by atoms with Crippen molar-refractivity contribution >= 4 is 40.4 Å². The molecule has 7 heteroatoms. The number of carbonyl (C=O) groups is 3. The number of carboxylic acids is 3. The normalized spacial score (nSPS) is 9.61. The third kappa shape index (κ3) is 64.0. The van der Waals surface area contributed by atoms with Crippen molar-refractivity contribution in [1.29, 1.82) is 0 Å². The fraction of sp³-hybridized carbons (Fsp3) is 0.897. The summed E-state index contributed by atoms with van der Waals surface area (Å²) in [7, 11) is 0. The molecule has 0 aromatic rings. The molecule has 6 nitrogen and oxygen atoms in total. The standard InChI is InChI=1S/C8H17.3C7H14O2.Sn/c1-3-5-7-8-6-4-2;3*1-2-3-4-5-6-7(8)9;/h1,3-8H2,2H3;3*2-6H2,1H3,(H,8,9);/q;;;;+3/p-3. The van der Waals surface area contributed by atoms with E-state index in [-0.39, 0.29) is 19.3 Å². The number of hydrogen-bond donors (Lipinski definition) is 0. The third-order valence-corrected chi connectivity index (χ3v) is 6.24. The Balaban J connectivity index is -0.000000190. The van der Waals surface area contributed by atoms with E-state index in [1.54, 1.807) is 22.5 Å². The molecule has 0 spiro atoms. The molecule has 0 fully saturated rings.